The second kappa shape index (κ2) is 6.48. The van der Waals surface area contributed by atoms with Gasteiger partial charge in [0.1, 0.15) is 11.4 Å². The first kappa shape index (κ1) is 15.8. The molecule has 0 aliphatic heterocycles. The first-order chi connectivity index (χ1) is 10.0. The number of hydrogen-bond acceptors (Lipinski definition) is 3. The summed E-state index contributed by atoms with van der Waals surface area (Å²) in [4.78, 5) is 12.4. The Hall–Kier alpha value is -1.55. The Kier molecular flexibility index (Phi) is 4.88. The Labute approximate surface area is 126 Å². The summed E-state index contributed by atoms with van der Waals surface area (Å²) in [5.41, 5.74) is 1.07. The van der Waals surface area contributed by atoms with Crippen molar-refractivity contribution in [2.75, 3.05) is 19.0 Å². The van der Waals surface area contributed by atoms with Crippen LogP contribution in [-0.4, -0.2) is 25.2 Å². The fourth-order valence-corrected chi connectivity index (χ4v) is 2.44. The monoisotopic (exact) mass is 291 g/mol. The summed E-state index contributed by atoms with van der Waals surface area (Å²) in [7, 11) is 1.60. The largest absolute Gasteiger partial charge is 0.493 e. The van der Waals surface area contributed by atoms with Crippen molar-refractivity contribution in [1.82, 2.24) is 0 Å². The summed E-state index contributed by atoms with van der Waals surface area (Å²) in [6.07, 6.45) is 3.09. The molecule has 0 bridgehead atoms. The maximum absolute atomic E-state index is 12.4. The fraction of sp³-hybridized carbons (Fsp3) is 0.588. The van der Waals surface area contributed by atoms with Gasteiger partial charge in [-0.05, 0) is 62.8 Å². The number of hydrogen-bond donors (Lipinski definition) is 1. The second-order valence-electron chi connectivity index (χ2n) is 5.87. The highest BCUT2D eigenvalue weighted by atomic mass is 16.5. The molecule has 2 rings (SSSR count). The van der Waals surface area contributed by atoms with Crippen LogP contribution in [0.1, 0.15) is 38.7 Å². The standard InChI is InChI=1S/C17H25NO3/c1-5-10-21-15-9-8-14(11-12(15)2)18-16(19)17(3,20-4)13-6-7-13/h8-9,11,13H,5-7,10H2,1-4H3,(H,18,19)/t17-/m0/s1. The van der Waals surface area contributed by atoms with Gasteiger partial charge in [0.2, 0.25) is 0 Å². The molecule has 0 saturated heterocycles. The van der Waals surface area contributed by atoms with Crippen molar-refractivity contribution in [1.29, 1.82) is 0 Å². The quantitative estimate of drug-likeness (QED) is 0.836. The van der Waals surface area contributed by atoms with Gasteiger partial charge < -0.3 is 14.8 Å². The highest BCUT2D eigenvalue weighted by Gasteiger charge is 2.47. The lowest BCUT2D eigenvalue weighted by Gasteiger charge is -2.26. The zero-order valence-corrected chi connectivity index (χ0v) is 13.4. The van der Waals surface area contributed by atoms with E-state index in [4.69, 9.17) is 9.47 Å². The molecule has 1 aliphatic rings. The Bertz CT molecular complexity index is 511. The van der Waals surface area contributed by atoms with Gasteiger partial charge in [-0.1, -0.05) is 6.92 Å². The second-order valence-corrected chi connectivity index (χ2v) is 5.87. The Morgan fingerprint density at radius 2 is 2.14 bits per heavy atom. The molecule has 21 heavy (non-hydrogen) atoms. The van der Waals surface area contributed by atoms with E-state index in [1.807, 2.05) is 32.0 Å². The van der Waals surface area contributed by atoms with Gasteiger partial charge in [0.15, 0.2) is 0 Å². The summed E-state index contributed by atoms with van der Waals surface area (Å²) in [5.74, 6) is 1.12. The maximum Gasteiger partial charge on any atom is 0.256 e. The van der Waals surface area contributed by atoms with Gasteiger partial charge in [-0.2, -0.15) is 0 Å². The van der Waals surface area contributed by atoms with E-state index >= 15 is 0 Å². The first-order valence-electron chi connectivity index (χ1n) is 7.61. The zero-order chi connectivity index (χ0) is 15.5. The molecular formula is C17H25NO3. The lowest BCUT2D eigenvalue weighted by Crippen LogP contribution is -2.44. The zero-order valence-electron chi connectivity index (χ0n) is 13.4. The molecule has 1 aromatic rings. The van der Waals surface area contributed by atoms with Crippen LogP contribution in [0, 0.1) is 12.8 Å². The molecule has 1 aliphatic carbocycles. The van der Waals surface area contributed by atoms with Crippen LogP contribution in [-0.2, 0) is 9.53 Å². The summed E-state index contributed by atoms with van der Waals surface area (Å²) >= 11 is 0. The van der Waals surface area contributed by atoms with Crippen molar-refractivity contribution in [3.8, 4) is 5.75 Å². The third-order valence-corrected chi connectivity index (χ3v) is 4.13. The lowest BCUT2D eigenvalue weighted by atomic mass is 9.99. The molecule has 0 spiro atoms. The first-order valence-corrected chi connectivity index (χ1v) is 7.61. The molecule has 4 nitrogen and oxygen atoms in total. The minimum atomic E-state index is -0.731. The van der Waals surface area contributed by atoms with Crippen LogP contribution in [0.2, 0.25) is 0 Å². The molecule has 0 radical (unpaired) electrons. The summed E-state index contributed by atoms with van der Waals surface area (Å²) < 4.78 is 11.1. The van der Waals surface area contributed by atoms with E-state index < -0.39 is 5.60 Å². The van der Waals surface area contributed by atoms with Crippen molar-refractivity contribution in [2.45, 2.75) is 45.6 Å². The Balaban J connectivity index is 2.05. The molecule has 1 atom stereocenters. The SMILES string of the molecule is CCCOc1ccc(NC(=O)[C@@](C)(OC)C2CC2)cc1C. The van der Waals surface area contributed by atoms with Crippen LogP contribution in [0.15, 0.2) is 18.2 Å². The minimum absolute atomic E-state index is 0.0749. The molecule has 1 N–H and O–H groups in total. The predicted molar refractivity (Wildman–Crippen MR) is 83.7 cm³/mol. The maximum atomic E-state index is 12.4. The summed E-state index contributed by atoms with van der Waals surface area (Å²) in [6, 6.07) is 5.71. The predicted octanol–water partition coefficient (Wildman–Crippen LogP) is 3.54. The molecule has 1 saturated carbocycles. The Morgan fingerprint density at radius 3 is 2.67 bits per heavy atom. The number of benzene rings is 1. The molecule has 1 amide bonds. The average Bonchev–Trinajstić information content (AvgIpc) is 3.30. The average molecular weight is 291 g/mol. The van der Waals surface area contributed by atoms with E-state index in [0.29, 0.717) is 12.5 Å². The molecule has 0 heterocycles. The van der Waals surface area contributed by atoms with Gasteiger partial charge in [0, 0.05) is 12.8 Å². The van der Waals surface area contributed by atoms with Gasteiger partial charge >= 0.3 is 0 Å². The molecule has 0 unspecified atom stereocenters. The molecule has 1 fully saturated rings. The van der Waals surface area contributed by atoms with Gasteiger partial charge in [0.05, 0.1) is 6.61 Å². The number of rotatable bonds is 7. The van der Waals surface area contributed by atoms with Gasteiger partial charge in [-0.15, -0.1) is 0 Å². The van der Waals surface area contributed by atoms with Crippen molar-refractivity contribution < 1.29 is 14.3 Å². The number of ether oxygens (including phenoxy) is 2. The van der Waals surface area contributed by atoms with Gasteiger partial charge in [0.25, 0.3) is 5.91 Å². The molecule has 116 valence electrons. The molecular weight excluding hydrogens is 266 g/mol. The van der Waals surface area contributed by atoms with Crippen LogP contribution in [0.25, 0.3) is 0 Å². The van der Waals surface area contributed by atoms with Crippen molar-refractivity contribution in [2.24, 2.45) is 5.92 Å². The van der Waals surface area contributed by atoms with E-state index in [9.17, 15) is 4.79 Å². The van der Waals surface area contributed by atoms with Crippen LogP contribution >= 0.6 is 0 Å². The highest BCUT2D eigenvalue weighted by Crippen LogP contribution is 2.42. The van der Waals surface area contributed by atoms with Crippen molar-refractivity contribution in [3.63, 3.8) is 0 Å². The number of anilines is 1. The number of methoxy groups -OCH3 is 1. The fourth-order valence-electron chi connectivity index (χ4n) is 2.44. The van der Waals surface area contributed by atoms with Crippen LogP contribution in [0.4, 0.5) is 5.69 Å². The van der Waals surface area contributed by atoms with E-state index in [1.165, 1.54) is 0 Å². The topological polar surface area (TPSA) is 47.6 Å². The lowest BCUT2D eigenvalue weighted by molar-refractivity contribution is -0.138. The van der Waals surface area contributed by atoms with Gasteiger partial charge in [-0.3, -0.25) is 4.79 Å². The molecule has 4 heteroatoms. The van der Waals surface area contributed by atoms with E-state index in [0.717, 1.165) is 36.3 Å². The van der Waals surface area contributed by atoms with E-state index in [-0.39, 0.29) is 5.91 Å². The van der Waals surface area contributed by atoms with E-state index in [1.54, 1.807) is 7.11 Å². The normalized spacial score (nSPS) is 17.1. The molecule has 1 aromatic carbocycles. The number of aryl methyl sites for hydroxylation is 1. The van der Waals surface area contributed by atoms with Crippen LogP contribution in [0.5, 0.6) is 5.75 Å². The van der Waals surface area contributed by atoms with Crippen LogP contribution < -0.4 is 10.1 Å². The number of carbonyl (C=O) groups is 1. The smallest absolute Gasteiger partial charge is 0.256 e. The number of nitrogens with one attached hydrogen (secondary N) is 1. The summed E-state index contributed by atoms with van der Waals surface area (Å²) in [5, 5.41) is 2.96. The van der Waals surface area contributed by atoms with Crippen molar-refractivity contribution >= 4 is 11.6 Å². The van der Waals surface area contributed by atoms with E-state index in [2.05, 4.69) is 12.2 Å². The summed E-state index contributed by atoms with van der Waals surface area (Å²) in [6.45, 7) is 6.63. The van der Waals surface area contributed by atoms with Crippen molar-refractivity contribution in [3.05, 3.63) is 23.8 Å². The third kappa shape index (κ3) is 3.56. The Morgan fingerprint density at radius 1 is 1.43 bits per heavy atom. The number of carbonyl (C=O) groups excluding carboxylic acids is 1. The minimum Gasteiger partial charge on any atom is -0.493 e. The van der Waals surface area contributed by atoms with Gasteiger partial charge in [-0.25, -0.2) is 0 Å². The third-order valence-electron chi connectivity index (χ3n) is 4.13. The molecule has 0 aromatic heterocycles. The highest BCUT2D eigenvalue weighted by molar-refractivity contribution is 5.97. The number of amides is 1. The van der Waals surface area contributed by atoms with Crippen LogP contribution in [0.3, 0.4) is 0 Å².